The summed E-state index contributed by atoms with van der Waals surface area (Å²) in [5.41, 5.74) is 10.1. The lowest BCUT2D eigenvalue weighted by Gasteiger charge is -2.21. The maximum absolute atomic E-state index is 5.89. The molecule has 2 nitrogen and oxygen atoms in total. The van der Waals surface area contributed by atoms with Gasteiger partial charge in [0.25, 0.3) is 0 Å². The third-order valence-corrected chi connectivity index (χ3v) is 3.69. The molecule has 15 heavy (non-hydrogen) atoms. The van der Waals surface area contributed by atoms with Gasteiger partial charge < -0.3 is 10.5 Å². The second-order valence-corrected chi connectivity index (χ2v) is 4.57. The van der Waals surface area contributed by atoms with Gasteiger partial charge in [0.05, 0.1) is 7.11 Å². The molecule has 0 aromatic heterocycles. The predicted octanol–water partition coefficient (Wildman–Crippen LogP) is 2.30. The Bertz CT molecular complexity index is 380. The van der Waals surface area contributed by atoms with E-state index in [4.69, 9.17) is 10.5 Å². The van der Waals surface area contributed by atoms with E-state index >= 15 is 0 Å². The second-order valence-electron chi connectivity index (χ2n) is 4.57. The van der Waals surface area contributed by atoms with Gasteiger partial charge in [-0.05, 0) is 43.9 Å². The molecule has 0 atom stereocenters. The van der Waals surface area contributed by atoms with Gasteiger partial charge in [-0.2, -0.15) is 0 Å². The highest BCUT2D eigenvalue weighted by Gasteiger charge is 2.45. The van der Waals surface area contributed by atoms with Crippen molar-refractivity contribution in [2.45, 2.75) is 32.1 Å². The first-order valence-electron chi connectivity index (χ1n) is 5.49. The Hall–Kier alpha value is -1.02. The van der Waals surface area contributed by atoms with Gasteiger partial charge in [-0.15, -0.1) is 0 Å². The van der Waals surface area contributed by atoms with E-state index in [-0.39, 0.29) is 5.41 Å². The fourth-order valence-electron chi connectivity index (χ4n) is 2.33. The Kier molecular flexibility index (Phi) is 2.47. The van der Waals surface area contributed by atoms with Gasteiger partial charge in [-0.3, -0.25) is 0 Å². The molecule has 1 aliphatic rings. The molecule has 1 aromatic rings. The van der Waals surface area contributed by atoms with Crippen LogP contribution >= 0.6 is 0 Å². The van der Waals surface area contributed by atoms with Gasteiger partial charge >= 0.3 is 0 Å². The zero-order chi connectivity index (χ0) is 11.1. The molecule has 1 aromatic carbocycles. The average Bonchev–Trinajstić information content (AvgIpc) is 3.02. The summed E-state index contributed by atoms with van der Waals surface area (Å²) in [6.45, 7) is 5.04. The van der Waals surface area contributed by atoms with Gasteiger partial charge in [0.1, 0.15) is 5.75 Å². The van der Waals surface area contributed by atoms with Crippen LogP contribution in [-0.2, 0) is 5.41 Å². The molecule has 1 aliphatic carbocycles. The van der Waals surface area contributed by atoms with Crippen molar-refractivity contribution in [2.24, 2.45) is 5.73 Å². The highest BCUT2D eigenvalue weighted by Crippen LogP contribution is 2.52. The summed E-state index contributed by atoms with van der Waals surface area (Å²) in [4.78, 5) is 0. The van der Waals surface area contributed by atoms with Crippen LogP contribution < -0.4 is 10.5 Å². The molecular formula is C13H19NO. The smallest absolute Gasteiger partial charge is 0.122 e. The average molecular weight is 205 g/mol. The highest BCUT2D eigenvalue weighted by atomic mass is 16.5. The second kappa shape index (κ2) is 3.53. The van der Waals surface area contributed by atoms with E-state index in [2.05, 4.69) is 26.0 Å². The third kappa shape index (κ3) is 1.53. The summed E-state index contributed by atoms with van der Waals surface area (Å²) in [5, 5.41) is 0. The molecule has 2 rings (SSSR count). The van der Waals surface area contributed by atoms with E-state index in [0.717, 1.165) is 12.3 Å². The lowest BCUT2D eigenvalue weighted by molar-refractivity contribution is 0.403. The van der Waals surface area contributed by atoms with Crippen LogP contribution in [0.25, 0.3) is 0 Å². The Morgan fingerprint density at radius 3 is 2.47 bits per heavy atom. The number of rotatable bonds is 3. The lowest BCUT2D eigenvalue weighted by Crippen LogP contribution is -2.22. The van der Waals surface area contributed by atoms with Crippen molar-refractivity contribution in [3.8, 4) is 5.75 Å². The summed E-state index contributed by atoms with van der Waals surface area (Å²) >= 11 is 0. The summed E-state index contributed by atoms with van der Waals surface area (Å²) in [6.07, 6.45) is 2.40. The van der Waals surface area contributed by atoms with Gasteiger partial charge in [0.2, 0.25) is 0 Å². The maximum atomic E-state index is 5.89. The Morgan fingerprint density at radius 1 is 1.33 bits per heavy atom. The standard InChI is InChI=1S/C13H19NO/c1-9-4-5-11(15-3)12(10(9)2)13(8-14)6-7-13/h4-5H,6-8,14H2,1-3H3. The van der Waals surface area contributed by atoms with Crippen molar-refractivity contribution >= 4 is 0 Å². The van der Waals surface area contributed by atoms with Crippen LogP contribution in [0.3, 0.4) is 0 Å². The number of nitrogens with two attached hydrogens (primary N) is 1. The largest absolute Gasteiger partial charge is 0.496 e. The molecule has 0 saturated heterocycles. The molecule has 0 aliphatic heterocycles. The van der Waals surface area contributed by atoms with Gasteiger partial charge in [0.15, 0.2) is 0 Å². The van der Waals surface area contributed by atoms with Crippen LogP contribution in [0.15, 0.2) is 12.1 Å². The Balaban J connectivity index is 2.57. The molecule has 0 radical (unpaired) electrons. The summed E-state index contributed by atoms with van der Waals surface area (Å²) in [6, 6.07) is 4.18. The van der Waals surface area contributed by atoms with E-state index in [1.54, 1.807) is 7.11 Å². The van der Waals surface area contributed by atoms with E-state index in [1.165, 1.54) is 29.5 Å². The molecule has 82 valence electrons. The first-order valence-corrected chi connectivity index (χ1v) is 5.49. The zero-order valence-corrected chi connectivity index (χ0v) is 9.76. The fourth-order valence-corrected chi connectivity index (χ4v) is 2.33. The van der Waals surface area contributed by atoms with Gasteiger partial charge in [-0.1, -0.05) is 6.07 Å². The molecule has 2 heteroatoms. The highest BCUT2D eigenvalue weighted by molar-refractivity contribution is 5.51. The number of benzene rings is 1. The number of aryl methyl sites for hydroxylation is 1. The van der Waals surface area contributed by atoms with E-state index in [9.17, 15) is 0 Å². The molecule has 1 fully saturated rings. The van der Waals surface area contributed by atoms with E-state index in [0.29, 0.717) is 0 Å². The SMILES string of the molecule is COc1ccc(C)c(C)c1C1(CN)CC1. The Morgan fingerprint density at radius 2 is 2.00 bits per heavy atom. The first-order chi connectivity index (χ1) is 7.14. The van der Waals surface area contributed by atoms with E-state index < -0.39 is 0 Å². The molecular weight excluding hydrogens is 186 g/mol. The van der Waals surface area contributed by atoms with Crippen molar-refractivity contribution in [2.75, 3.05) is 13.7 Å². The number of hydrogen-bond donors (Lipinski definition) is 1. The van der Waals surface area contributed by atoms with Crippen molar-refractivity contribution < 1.29 is 4.74 Å². The molecule has 0 spiro atoms. The van der Waals surface area contributed by atoms with Crippen molar-refractivity contribution in [1.82, 2.24) is 0 Å². The quantitative estimate of drug-likeness (QED) is 0.821. The van der Waals surface area contributed by atoms with Crippen molar-refractivity contribution in [1.29, 1.82) is 0 Å². The van der Waals surface area contributed by atoms with E-state index in [1.807, 2.05) is 0 Å². The predicted molar refractivity (Wildman–Crippen MR) is 62.4 cm³/mol. The molecule has 0 heterocycles. The van der Waals surface area contributed by atoms with Crippen LogP contribution in [0.2, 0.25) is 0 Å². The van der Waals surface area contributed by atoms with Crippen LogP contribution in [0.4, 0.5) is 0 Å². The molecule has 0 amide bonds. The lowest BCUT2D eigenvalue weighted by atomic mass is 9.89. The van der Waals surface area contributed by atoms with Gasteiger partial charge in [-0.25, -0.2) is 0 Å². The minimum atomic E-state index is 0.210. The molecule has 1 saturated carbocycles. The summed E-state index contributed by atoms with van der Waals surface area (Å²) in [7, 11) is 1.74. The number of hydrogen-bond acceptors (Lipinski definition) is 2. The minimum absolute atomic E-state index is 0.210. The van der Waals surface area contributed by atoms with Crippen LogP contribution in [0.5, 0.6) is 5.75 Å². The van der Waals surface area contributed by atoms with Gasteiger partial charge in [0, 0.05) is 17.5 Å². The summed E-state index contributed by atoms with van der Waals surface area (Å²) in [5.74, 6) is 1.00. The first kappa shape index (κ1) is 10.5. The third-order valence-electron chi connectivity index (χ3n) is 3.69. The number of methoxy groups -OCH3 is 1. The fraction of sp³-hybridized carbons (Fsp3) is 0.538. The number of ether oxygens (including phenoxy) is 1. The van der Waals surface area contributed by atoms with Crippen molar-refractivity contribution in [3.05, 3.63) is 28.8 Å². The molecule has 0 unspecified atom stereocenters. The topological polar surface area (TPSA) is 35.2 Å². The Labute approximate surface area is 91.4 Å². The molecule has 2 N–H and O–H groups in total. The summed E-state index contributed by atoms with van der Waals surface area (Å²) < 4.78 is 5.45. The van der Waals surface area contributed by atoms with Crippen LogP contribution in [0, 0.1) is 13.8 Å². The van der Waals surface area contributed by atoms with Crippen molar-refractivity contribution in [3.63, 3.8) is 0 Å². The normalized spacial score (nSPS) is 17.6. The monoisotopic (exact) mass is 205 g/mol. The van der Waals surface area contributed by atoms with Crippen LogP contribution in [-0.4, -0.2) is 13.7 Å². The zero-order valence-electron chi connectivity index (χ0n) is 9.76. The van der Waals surface area contributed by atoms with Crippen LogP contribution in [0.1, 0.15) is 29.5 Å². The molecule has 0 bridgehead atoms. The minimum Gasteiger partial charge on any atom is -0.496 e. The maximum Gasteiger partial charge on any atom is 0.122 e.